The summed E-state index contributed by atoms with van der Waals surface area (Å²) >= 11 is 0. The number of rotatable bonds is 4. The van der Waals surface area contributed by atoms with Crippen molar-refractivity contribution in [1.82, 2.24) is 5.32 Å². The average molecular weight is 247 g/mol. The van der Waals surface area contributed by atoms with E-state index in [2.05, 4.69) is 23.5 Å². The quantitative estimate of drug-likeness (QED) is 0.886. The van der Waals surface area contributed by atoms with Gasteiger partial charge in [-0.05, 0) is 48.9 Å². The van der Waals surface area contributed by atoms with Crippen LogP contribution in [0.15, 0.2) is 18.2 Å². The highest BCUT2D eigenvalue weighted by molar-refractivity contribution is 5.40. The first-order valence-electron chi connectivity index (χ1n) is 6.88. The van der Waals surface area contributed by atoms with E-state index in [0.717, 1.165) is 18.9 Å². The Hall–Kier alpha value is -1.06. The first kappa shape index (κ1) is 12.0. The van der Waals surface area contributed by atoms with E-state index in [0.29, 0.717) is 12.1 Å². The summed E-state index contributed by atoms with van der Waals surface area (Å²) in [6.07, 6.45) is 5.18. The predicted octanol–water partition coefficient (Wildman–Crippen LogP) is 2.45. The Bertz CT molecular complexity index is 413. The van der Waals surface area contributed by atoms with E-state index in [1.165, 1.54) is 36.8 Å². The molecule has 18 heavy (non-hydrogen) atoms. The van der Waals surface area contributed by atoms with E-state index in [-0.39, 0.29) is 0 Å². The molecule has 0 radical (unpaired) electrons. The van der Waals surface area contributed by atoms with Crippen molar-refractivity contribution < 1.29 is 9.47 Å². The van der Waals surface area contributed by atoms with Crippen molar-refractivity contribution in [2.75, 3.05) is 20.3 Å². The normalized spacial score (nSPS) is 26.3. The molecule has 2 aliphatic rings. The number of hydrogen-bond donors (Lipinski definition) is 1. The van der Waals surface area contributed by atoms with E-state index in [1.807, 2.05) is 0 Å². The predicted molar refractivity (Wildman–Crippen MR) is 71.0 cm³/mol. The maximum atomic E-state index is 5.66. The Labute approximate surface area is 108 Å². The molecule has 0 bridgehead atoms. The van der Waals surface area contributed by atoms with Crippen LogP contribution in [-0.4, -0.2) is 26.4 Å². The SMILES string of the molecule is COc1ccc2c(c1)C(NCC1CCCO1)CC2. The van der Waals surface area contributed by atoms with E-state index in [1.54, 1.807) is 7.11 Å². The molecular formula is C15H21NO2. The fourth-order valence-corrected chi connectivity index (χ4v) is 3.00. The fraction of sp³-hybridized carbons (Fsp3) is 0.600. The summed E-state index contributed by atoms with van der Waals surface area (Å²) in [6.45, 7) is 1.91. The van der Waals surface area contributed by atoms with Crippen molar-refractivity contribution in [1.29, 1.82) is 0 Å². The van der Waals surface area contributed by atoms with Gasteiger partial charge in [0.1, 0.15) is 5.75 Å². The number of aryl methyl sites for hydroxylation is 1. The highest BCUT2D eigenvalue weighted by atomic mass is 16.5. The Kier molecular flexibility index (Phi) is 3.52. The Morgan fingerprint density at radius 3 is 3.11 bits per heavy atom. The summed E-state index contributed by atoms with van der Waals surface area (Å²) in [5.74, 6) is 0.958. The van der Waals surface area contributed by atoms with E-state index in [4.69, 9.17) is 9.47 Å². The van der Waals surface area contributed by atoms with Crippen molar-refractivity contribution in [3.05, 3.63) is 29.3 Å². The molecule has 1 fully saturated rings. The van der Waals surface area contributed by atoms with Gasteiger partial charge in [0.05, 0.1) is 13.2 Å². The minimum absolute atomic E-state index is 0.416. The molecule has 2 atom stereocenters. The third-order valence-electron chi connectivity index (χ3n) is 4.05. The van der Waals surface area contributed by atoms with Gasteiger partial charge in [0, 0.05) is 19.2 Å². The van der Waals surface area contributed by atoms with Gasteiger partial charge in [0.2, 0.25) is 0 Å². The molecule has 0 amide bonds. The third kappa shape index (κ3) is 2.38. The van der Waals surface area contributed by atoms with Crippen LogP contribution in [0.1, 0.15) is 36.4 Å². The van der Waals surface area contributed by atoms with Crippen LogP contribution in [0.5, 0.6) is 5.75 Å². The lowest BCUT2D eigenvalue weighted by atomic mass is 10.1. The Morgan fingerprint density at radius 1 is 1.39 bits per heavy atom. The molecule has 1 aliphatic carbocycles. The van der Waals surface area contributed by atoms with E-state index < -0.39 is 0 Å². The van der Waals surface area contributed by atoms with Crippen LogP contribution >= 0.6 is 0 Å². The van der Waals surface area contributed by atoms with Crippen molar-refractivity contribution in [2.24, 2.45) is 0 Å². The standard InChI is InChI=1S/C15H21NO2/c1-17-12-6-4-11-5-7-15(14(11)9-12)16-10-13-3-2-8-18-13/h4,6,9,13,15-16H,2-3,5,7-8,10H2,1H3. The zero-order valence-corrected chi connectivity index (χ0v) is 10.9. The lowest BCUT2D eigenvalue weighted by molar-refractivity contribution is 0.107. The van der Waals surface area contributed by atoms with Gasteiger partial charge in [-0.1, -0.05) is 6.07 Å². The highest BCUT2D eigenvalue weighted by Gasteiger charge is 2.24. The molecule has 3 rings (SSSR count). The van der Waals surface area contributed by atoms with Gasteiger partial charge in [-0.15, -0.1) is 0 Å². The lowest BCUT2D eigenvalue weighted by Gasteiger charge is -2.17. The highest BCUT2D eigenvalue weighted by Crippen LogP contribution is 2.33. The van der Waals surface area contributed by atoms with Crippen molar-refractivity contribution in [3.63, 3.8) is 0 Å². The number of benzene rings is 1. The van der Waals surface area contributed by atoms with Gasteiger partial charge < -0.3 is 14.8 Å². The summed E-state index contributed by atoms with van der Waals surface area (Å²) in [7, 11) is 1.73. The average Bonchev–Trinajstić information content (AvgIpc) is 3.05. The van der Waals surface area contributed by atoms with Crippen LogP contribution in [0.25, 0.3) is 0 Å². The van der Waals surface area contributed by atoms with Gasteiger partial charge >= 0.3 is 0 Å². The molecule has 0 aromatic heterocycles. The van der Waals surface area contributed by atoms with Crippen LogP contribution in [0.4, 0.5) is 0 Å². The molecular weight excluding hydrogens is 226 g/mol. The molecule has 0 saturated carbocycles. The molecule has 98 valence electrons. The fourth-order valence-electron chi connectivity index (χ4n) is 3.00. The van der Waals surface area contributed by atoms with Gasteiger partial charge in [-0.3, -0.25) is 0 Å². The molecule has 0 spiro atoms. The summed E-state index contributed by atoms with van der Waals surface area (Å²) in [6, 6.07) is 6.90. The molecule has 3 heteroatoms. The minimum atomic E-state index is 0.416. The Balaban J connectivity index is 1.65. The number of methoxy groups -OCH3 is 1. The van der Waals surface area contributed by atoms with Gasteiger partial charge in [0.25, 0.3) is 0 Å². The zero-order chi connectivity index (χ0) is 12.4. The van der Waals surface area contributed by atoms with Crippen molar-refractivity contribution >= 4 is 0 Å². The van der Waals surface area contributed by atoms with Crippen LogP contribution < -0.4 is 10.1 Å². The molecule has 1 aromatic carbocycles. The molecule has 1 aliphatic heterocycles. The van der Waals surface area contributed by atoms with Gasteiger partial charge in [0.15, 0.2) is 0 Å². The first-order chi connectivity index (χ1) is 8.86. The second-order valence-electron chi connectivity index (χ2n) is 5.20. The van der Waals surface area contributed by atoms with Crippen LogP contribution in [0.3, 0.4) is 0 Å². The van der Waals surface area contributed by atoms with E-state index >= 15 is 0 Å². The van der Waals surface area contributed by atoms with Crippen LogP contribution in [-0.2, 0) is 11.2 Å². The van der Waals surface area contributed by atoms with Gasteiger partial charge in [-0.2, -0.15) is 0 Å². The second-order valence-corrected chi connectivity index (χ2v) is 5.20. The summed E-state index contributed by atoms with van der Waals surface area (Å²) in [4.78, 5) is 0. The maximum absolute atomic E-state index is 5.66. The summed E-state index contributed by atoms with van der Waals surface area (Å²) in [5, 5.41) is 3.65. The van der Waals surface area contributed by atoms with Gasteiger partial charge in [-0.25, -0.2) is 0 Å². The summed E-state index contributed by atoms with van der Waals surface area (Å²) < 4.78 is 11.0. The smallest absolute Gasteiger partial charge is 0.119 e. The Morgan fingerprint density at radius 2 is 2.33 bits per heavy atom. The number of nitrogens with one attached hydrogen (secondary N) is 1. The molecule has 1 heterocycles. The number of fused-ring (bicyclic) bond motifs is 1. The molecule has 3 nitrogen and oxygen atoms in total. The maximum Gasteiger partial charge on any atom is 0.119 e. The monoisotopic (exact) mass is 247 g/mol. The van der Waals surface area contributed by atoms with E-state index in [9.17, 15) is 0 Å². The molecule has 1 saturated heterocycles. The molecule has 1 aromatic rings. The van der Waals surface area contributed by atoms with Crippen molar-refractivity contribution in [2.45, 2.75) is 37.8 Å². The zero-order valence-electron chi connectivity index (χ0n) is 10.9. The lowest BCUT2D eigenvalue weighted by Crippen LogP contribution is -2.29. The second kappa shape index (κ2) is 5.29. The topological polar surface area (TPSA) is 30.5 Å². The third-order valence-corrected chi connectivity index (χ3v) is 4.05. The molecule has 1 N–H and O–H groups in total. The van der Waals surface area contributed by atoms with Crippen LogP contribution in [0.2, 0.25) is 0 Å². The minimum Gasteiger partial charge on any atom is -0.497 e. The largest absolute Gasteiger partial charge is 0.497 e. The first-order valence-corrected chi connectivity index (χ1v) is 6.88. The number of ether oxygens (including phenoxy) is 2. The number of hydrogen-bond acceptors (Lipinski definition) is 3. The summed E-state index contributed by atoms with van der Waals surface area (Å²) in [5.41, 5.74) is 2.87. The molecule has 2 unspecified atom stereocenters. The van der Waals surface area contributed by atoms with Crippen molar-refractivity contribution in [3.8, 4) is 5.75 Å². The van der Waals surface area contributed by atoms with Crippen LogP contribution in [0, 0.1) is 0 Å².